The molecule has 3 rings (SSSR count). The van der Waals surface area contributed by atoms with Gasteiger partial charge in [-0.25, -0.2) is 9.78 Å². The Morgan fingerprint density at radius 2 is 2.48 bits per heavy atom. The van der Waals surface area contributed by atoms with Crippen LogP contribution in [0.3, 0.4) is 0 Å². The Balaban J connectivity index is 1.59. The van der Waals surface area contributed by atoms with Crippen molar-refractivity contribution in [1.29, 1.82) is 1.28 Å². The number of aliphatic hydroxyl groups is 1. The van der Waals surface area contributed by atoms with Gasteiger partial charge in [-0.15, -0.1) is 0 Å². The van der Waals surface area contributed by atoms with Crippen LogP contribution in [0.1, 0.15) is 23.9 Å². The number of imidazole rings is 1. The molecule has 0 bridgehead atoms. The van der Waals surface area contributed by atoms with Crippen molar-refractivity contribution in [2.45, 2.75) is 37.3 Å². The fourth-order valence-corrected chi connectivity index (χ4v) is 3.32. The number of nitrogens with zero attached hydrogens (tertiary/aromatic N) is 3. The zero-order valence-electron chi connectivity index (χ0n) is 17.6. The van der Waals surface area contributed by atoms with Gasteiger partial charge in [0, 0.05) is 52.4 Å². The number of carbonyl (C=O) groups excluding carboxylic acids is 1. The van der Waals surface area contributed by atoms with Gasteiger partial charge in [-0.05, 0) is 0 Å². The van der Waals surface area contributed by atoms with Gasteiger partial charge in [0.05, 0.1) is 26.4 Å². The summed E-state index contributed by atoms with van der Waals surface area (Å²) in [6.45, 7) is 0.256. The van der Waals surface area contributed by atoms with Crippen LogP contribution in [0.15, 0.2) is 29.6 Å². The summed E-state index contributed by atoms with van der Waals surface area (Å²) in [5.41, 5.74) is 12.3. The lowest BCUT2D eigenvalue weighted by Crippen LogP contribution is -2.42. The molecule has 0 radical (unpaired) electrons. The van der Waals surface area contributed by atoms with E-state index >= 15 is 0 Å². The van der Waals surface area contributed by atoms with Gasteiger partial charge in [0.2, 0.25) is 5.91 Å². The molecule has 0 aromatic carbocycles. The SMILES string of the molecule is [3H]POCC1OC(n2cc(/C=C/CNC(=O)C(N)Cc3cnc[nH]3)c(N)nc2=O)CC1O. The van der Waals surface area contributed by atoms with Crippen LogP contribution in [0.5, 0.6) is 0 Å². The van der Waals surface area contributed by atoms with Gasteiger partial charge in [-0.3, -0.25) is 9.36 Å². The van der Waals surface area contributed by atoms with Crippen molar-refractivity contribution < 1.29 is 19.2 Å². The maximum absolute atomic E-state index is 12.3. The number of ether oxygens (including phenoxy) is 1. The number of nitrogens with one attached hydrogen (secondary N) is 2. The molecule has 0 saturated carbocycles. The van der Waals surface area contributed by atoms with Crippen LogP contribution in [0.2, 0.25) is 0 Å². The van der Waals surface area contributed by atoms with Crippen LogP contribution < -0.4 is 22.5 Å². The van der Waals surface area contributed by atoms with Gasteiger partial charge >= 0.3 is 5.69 Å². The van der Waals surface area contributed by atoms with Gasteiger partial charge < -0.3 is 36.1 Å². The second kappa shape index (κ2) is 10.6. The lowest BCUT2D eigenvalue weighted by Gasteiger charge is -2.16. The van der Waals surface area contributed by atoms with Crippen molar-refractivity contribution in [3.05, 3.63) is 46.5 Å². The van der Waals surface area contributed by atoms with Crippen molar-refractivity contribution in [2.24, 2.45) is 5.73 Å². The van der Waals surface area contributed by atoms with E-state index in [9.17, 15) is 14.7 Å². The lowest BCUT2D eigenvalue weighted by atomic mass is 10.1. The number of hydrogen-bond donors (Lipinski definition) is 5. The third-order valence-corrected chi connectivity index (χ3v) is 4.96. The maximum atomic E-state index is 12.3. The molecule has 3 heterocycles. The Hall–Kier alpha value is -2.63. The molecule has 168 valence electrons. The molecule has 12 nitrogen and oxygen atoms in total. The zero-order chi connectivity index (χ0) is 23.1. The zero-order valence-corrected chi connectivity index (χ0v) is 17.6. The maximum Gasteiger partial charge on any atom is 0.351 e. The molecule has 2 aromatic rings. The van der Waals surface area contributed by atoms with Crippen LogP contribution in [0.4, 0.5) is 5.82 Å². The molecule has 5 atom stereocenters. The van der Waals surface area contributed by atoms with Crippen LogP contribution in [0, 0.1) is 0 Å². The first-order valence-electron chi connectivity index (χ1n) is 10.1. The van der Waals surface area contributed by atoms with Gasteiger partial charge in [0.25, 0.3) is 0 Å². The molecule has 1 saturated heterocycles. The first-order chi connectivity index (χ1) is 15.4. The Bertz CT molecular complexity index is 987. The van der Waals surface area contributed by atoms with Crippen LogP contribution in [-0.2, 0) is 20.5 Å². The number of anilines is 1. The van der Waals surface area contributed by atoms with Crippen molar-refractivity contribution in [3.8, 4) is 0 Å². The van der Waals surface area contributed by atoms with Crippen molar-refractivity contribution in [2.75, 3.05) is 18.9 Å². The molecule has 0 spiro atoms. The first-order valence-corrected chi connectivity index (χ1v) is 9.97. The molecule has 0 aliphatic carbocycles. The summed E-state index contributed by atoms with van der Waals surface area (Å²) in [6, 6.07) is -0.726. The average Bonchev–Trinajstić information content (AvgIpc) is 3.40. The molecular formula is C18H26N7O5P. The molecule has 7 N–H and O–H groups in total. The molecule has 1 amide bonds. The summed E-state index contributed by atoms with van der Waals surface area (Å²) >= 11 is 0. The van der Waals surface area contributed by atoms with E-state index in [1.165, 1.54) is 17.1 Å². The van der Waals surface area contributed by atoms with Crippen LogP contribution >= 0.6 is 9.41 Å². The fraction of sp³-hybridized carbons (Fsp3) is 0.444. The molecule has 1 aliphatic rings. The Kier molecular flexibility index (Phi) is 7.39. The van der Waals surface area contributed by atoms with Crippen LogP contribution in [0.25, 0.3) is 6.08 Å². The van der Waals surface area contributed by atoms with E-state index < -0.39 is 39.6 Å². The minimum Gasteiger partial charge on any atom is -0.390 e. The van der Waals surface area contributed by atoms with Crippen molar-refractivity contribution in [1.82, 2.24) is 24.8 Å². The summed E-state index contributed by atoms with van der Waals surface area (Å²) in [7, 11) is -0.473. The molecular weight excluding hydrogens is 425 g/mol. The lowest BCUT2D eigenvalue weighted by molar-refractivity contribution is -0.122. The van der Waals surface area contributed by atoms with E-state index in [1.807, 2.05) is 0 Å². The molecule has 1 fully saturated rings. The Labute approximate surface area is 181 Å². The van der Waals surface area contributed by atoms with E-state index in [1.54, 1.807) is 18.3 Å². The first kappa shape index (κ1) is 21.6. The highest BCUT2D eigenvalue weighted by molar-refractivity contribution is 7.09. The monoisotopic (exact) mass is 453 g/mol. The smallest absolute Gasteiger partial charge is 0.351 e. The van der Waals surface area contributed by atoms with E-state index in [-0.39, 0.29) is 31.3 Å². The summed E-state index contributed by atoms with van der Waals surface area (Å²) in [5.74, 6) is -0.297. The number of nitrogen functional groups attached to an aromatic ring is 1. The van der Waals surface area contributed by atoms with Gasteiger partial charge in [-0.2, -0.15) is 4.98 Å². The highest BCUT2D eigenvalue weighted by atomic mass is 31.0. The number of hydrogen-bond acceptors (Lipinski definition) is 9. The number of rotatable bonds is 10. The largest absolute Gasteiger partial charge is 0.390 e. The number of carbonyl (C=O) groups is 1. The fourth-order valence-electron chi connectivity index (χ4n) is 3.15. The van der Waals surface area contributed by atoms with Crippen LogP contribution in [-0.4, -0.2) is 63.2 Å². The molecule has 2 aromatic heterocycles. The number of H-pyrrole nitrogens is 1. The third-order valence-electron chi connectivity index (χ3n) is 4.80. The van der Waals surface area contributed by atoms with Crippen molar-refractivity contribution in [3.63, 3.8) is 0 Å². The summed E-state index contributed by atoms with van der Waals surface area (Å²) in [4.78, 5) is 35.0. The second-order valence-corrected chi connectivity index (χ2v) is 7.34. The number of aromatic nitrogens is 4. The molecule has 1 aliphatic heterocycles. The highest BCUT2D eigenvalue weighted by Crippen LogP contribution is 2.28. The predicted molar refractivity (Wildman–Crippen MR) is 115 cm³/mol. The minimum absolute atomic E-state index is 0.0265. The van der Waals surface area contributed by atoms with Gasteiger partial charge in [-0.1, -0.05) is 12.2 Å². The number of aromatic amines is 1. The molecule has 5 unspecified atom stereocenters. The normalized spacial score (nSPS) is 22.9. The van der Waals surface area contributed by atoms with Gasteiger partial charge in [0.15, 0.2) is 0 Å². The van der Waals surface area contributed by atoms with E-state index in [2.05, 4.69) is 20.3 Å². The predicted octanol–water partition coefficient (Wildman–Crippen LogP) is -1.30. The van der Waals surface area contributed by atoms with Crippen molar-refractivity contribution >= 4 is 27.2 Å². The van der Waals surface area contributed by atoms with E-state index in [0.717, 1.165) is 5.69 Å². The Morgan fingerprint density at radius 1 is 1.65 bits per heavy atom. The standard InChI is InChI=1S/C18H26N7O5P/c19-12(4-11-6-21-9-23-11)17(27)22-3-1-2-10-7-25(18(28)24-16(10)20)15-5-13(26)14(30-15)8-29-31/h1-2,6-7,9,12-15,26H,3-5,8,19,31H2,(H,21,23)(H,22,27)(H2,20,24,28)/b2-1+/i31T. The summed E-state index contributed by atoms with van der Waals surface area (Å²) < 4.78 is 19.0. The quantitative estimate of drug-likeness (QED) is 0.273. The highest BCUT2D eigenvalue weighted by Gasteiger charge is 2.35. The summed E-state index contributed by atoms with van der Waals surface area (Å²) in [6.07, 6.45) is 6.18. The topological polar surface area (TPSA) is 183 Å². The van der Waals surface area contributed by atoms with E-state index in [4.69, 9.17) is 22.0 Å². The Morgan fingerprint density at radius 3 is 3.23 bits per heavy atom. The third kappa shape index (κ3) is 5.96. The molecule has 31 heavy (non-hydrogen) atoms. The molecule has 13 heteroatoms. The second-order valence-electron chi connectivity index (χ2n) is 7.05. The van der Waals surface area contributed by atoms with E-state index in [0.29, 0.717) is 12.0 Å². The summed E-state index contributed by atoms with van der Waals surface area (Å²) in [5, 5.41) is 12.8. The number of amides is 1. The van der Waals surface area contributed by atoms with Gasteiger partial charge in [0.1, 0.15) is 18.1 Å². The number of aliphatic hydroxyl groups excluding tert-OH is 1. The average molecular weight is 453 g/mol. The minimum atomic E-state index is -0.832. The number of nitrogens with two attached hydrogens (primary N) is 2.